The third-order valence-corrected chi connectivity index (χ3v) is 4.68. The minimum atomic E-state index is -1.06. The highest BCUT2D eigenvalue weighted by molar-refractivity contribution is 8.18. The number of aryl methyl sites for hydroxylation is 1. The quantitative estimate of drug-likeness (QED) is 0.769. The lowest BCUT2D eigenvalue weighted by Gasteiger charge is -2.12. The number of nitrogens with one attached hydrogen (secondary N) is 1. The van der Waals surface area contributed by atoms with Gasteiger partial charge in [-0.3, -0.25) is 4.79 Å². The number of amidine groups is 1. The molecule has 2 aromatic carbocycles. The molecule has 1 aliphatic heterocycles. The second-order valence-corrected chi connectivity index (χ2v) is 6.98. The van der Waals surface area contributed by atoms with Gasteiger partial charge in [0.25, 0.3) is 5.91 Å². The van der Waals surface area contributed by atoms with Crippen molar-refractivity contribution in [2.75, 3.05) is 0 Å². The highest BCUT2D eigenvalue weighted by atomic mass is 32.2. The average Bonchev–Trinajstić information content (AvgIpc) is 2.97. The first-order chi connectivity index (χ1) is 12.9. The van der Waals surface area contributed by atoms with Crippen LogP contribution in [0.4, 0.5) is 5.69 Å². The minimum Gasteiger partial charge on any atom is -0.479 e. The first-order valence-corrected chi connectivity index (χ1v) is 9.09. The van der Waals surface area contributed by atoms with Gasteiger partial charge in [-0.05, 0) is 49.9 Å². The molecule has 1 heterocycles. The van der Waals surface area contributed by atoms with E-state index >= 15 is 0 Å². The van der Waals surface area contributed by atoms with E-state index in [1.54, 1.807) is 30.3 Å². The Balaban J connectivity index is 1.83. The fraction of sp³-hybridized carbons (Fsp3) is 0.150. The smallest absolute Gasteiger partial charge is 0.344 e. The zero-order valence-corrected chi connectivity index (χ0v) is 15.6. The van der Waals surface area contributed by atoms with Crippen LogP contribution < -0.4 is 10.1 Å². The molecule has 1 aliphatic rings. The van der Waals surface area contributed by atoms with Crippen molar-refractivity contribution in [3.63, 3.8) is 0 Å². The summed E-state index contributed by atoms with van der Waals surface area (Å²) >= 11 is 1.23. The molecule has 0 saturated carbocycles. The van der Waals surface area contributed by atoms with Gasteiger partial charge in [0.2, 0.25) is 0 Å². The summed E-state index contributed by atoms with van der Waals surface area (Å²) in [6.45, 7) is 3.45. The lowest BCUT2D eigenvalue weighted by molar-refractivity contribution is -0.144. The van der Waals surface area contributed by atoms with Gasteiger partial charge in [-0.2, -0.15) is 0 Å². The molecule has 27 heavy (non-hydrogen) atoms. The molecule has 3 rings (SSSR count). The summed E-state index contributed by atoms with van der Waals surface area (Å²) < 4.78 is 5.47. The van der Waals surface area contributed by atoms with E-state index in [-0.39, 0.29) is 5.91 Å². The number of rotatable bonds is 5. The summed E-state index contributed by atoms with van der Waals surface area (Å²) in [5.41, 5.74) is 2.51. The van der Waals surface area contributed by atoms with Gasteiger partial charge in [0.15, 0.2) is 11.3 Å². The highest BCUT2D eigenvalue weighted by Gasteiger charge is 2.24. The number of aliphatic imine (C=N–C) groups is 1. The Kier molecular flexibility index (Phi) is 5.61. The van der Waals surface area contributed by atoms with E-state index in [1.165, 1.54) is 18.7 Å². The maximum atomic E-state index is 12.3. The Morgan fingerprint density at radius 1 is 1.22 bits per heavy atom. The second-order valence-electron chi connectivity index (χ2n) is 5.95. The van der Waals surface area contributed by atoms with Crippen molar-refractivity contribution in [1.29, 1.82) is 0 Å². The van der Waals surface area contributed by atoms with Crippen molar-refractivity contribution in [3.8, 4) is 5.75 Å². The second kappa shape index (κ2) is 8.09. The van der Waals surface area contributed by atoms with E-state index in [2.05, 4.69) is 10.3 Å². The minimum absolute atomic E-state index is 0.257. The van der Waals surface area contributed by atoms with Crippen LogP contribution in [0, 0.1) is 6.92 Å². The summed E-state index contributed by atoms with van der Waals surface area (Å²) in [7, 11) is 0. The van der Waals surface area contributed by atoms with Crippen molar-refractivity contribution in [2.24, 2.45) is 4.99 Å². The van der Waals surface area contributed by atoms with Crippen LogP contribution in [0.2, 0.25) is 0 Å². The number of carbonyl (C=O) groups excluding carboxylic acids is 1. The van der Waals surface area contributed by atoms with Gasteiger partial charge in [-0.1, -0.05) is 35.9 Å². The maximum Gasteiger partial charge on any atom is 0.344 e. The molecule has 138 valence electrons. The lowest BCUT2D eigenvalue weighted by atomic mass is 10.2. The molecule has 0 radical (unpaired) electrons. The topological polar surface area (TPSA) is 88.0 Å². The molecule has 0 bridgehead atoms. The Hall–Kier alpha value is -3.06. The maximum absolute atomic E-state index is 12.3. The Bertz CT molecular complexity index is 935. The average molecular weight is 382 g/mol. The molecule has 0 aromatic heterocycles. The molecule has 2 aromatic rings. The molecule has 7 heteroatoms. The third-order valence-electron chi connectivity index (χ3n) is 3.77. The largest absolute Gasteiger partial charge is 0.479 e. The van der Waals surface area contributed by atoms with Crippen molar-refractivity contribution in [2.45, 2.75) is 20.0 Å². The number of thioether (sulfide) groups is 1. The van der Waals surface area contributed by atoms with Gasteiger partial charge >= 0.3 is 5.97 Å². The Labute approximate surface area is 161 Å². The summed E-state index contributed by atoms with van der Waals surface area (Å²) in [5.74, 6) is -0.915. The van der Waals surface area contributed by atoms with Crippen molar-refractivity contribution >= 4 is 40.6 Å². The number of benzene rings is 2. The van der Waals surface area contributed by atoms with E-state index < -0.39 is 12.1 Å². The number of ether oxygens (including phenoxy) is 1. The first-order valence-electron chi connectivity index (χ1n) is 8.27. The monoisotopic (exact) mass is 382 g/mol. The number of para-hydroxylation sites is 1. The summed E-state index contributed by atoms with van der Waals surface area (Å²) in [5, 5.41) is 12.3. The number of carboxylic acid groups (broad SMARTS) is 1. The molecule has 6 nitrogen and oxygen atoms in total. The van der Waals surface area contributed by atoms with Crippen molar-refractivity contribution < 1.29 is 19.4 Å². The molecule has 1 saturated heterocycles. The van der Waals surface area contributed by atoms with E-state index in [0.29, 0.717) is 21.4 Å². The van der Waals surface area contributed by atoms with Crippen LogP contribution in [-0.2, 0) is 9.59 Å². The number of carboxylic acids is 1. The SMILES string of the molecule is Cc1ccc(N=C2NC(=O)/C(=C\c3ccccc3OC(C)C(=O)O)S2)cc1. The molecular formula is C20H18N2O4S. The van der Waals surface area contributed by atoms with E-state index in [1.807, 2.05) is 31.2 Å². The fourth-order valence-corrected chi connectivity index (χ4v) is 3.14. The molecule has 2 N–H and O–H groups in total. The molecule has 1 unspecified atom stereocenters. The zero-order chi connectivity index (χ0) is 19.4. The fourth-order valence-electron chi connectivity index (χ4n) is 2.31. The number of amides is 1. The third kappa shape index (κ3) is 4.77. The number of hydrogen-bond acceptors (Lipinski definition) is 5. The molecular weight excluding hydrogens is 364 g/mol. The van der Waals surface area contributed by atoms with Crippen LogP contribution in [-0.4, -0.2) is 28.3 Å². The molecule has 1 amide bonds. The van der Waals surface area contributed by atoms with Crippen LogP contribution in [0.25, 0.3) is 6.08 Å². The van der Waals surface area contributed by atoms with Gasteiger partial charge in [0, 0.05) is 5.56 Å². The molecule has 0 aliphatic carbocycles. The molecule has 1 fully saturated rings. The van der Waals surface area contributed by atoms with Crippen LogP contribution in [0.3, 0.4) is 0 Å². The predicted octanol–water partition coefficient (Wildman–Crippen LogP) is 3.74. The summed E-state index contributed by atoms with van der Waals surface area (Å²) in [6, 6.07) is 14.6. The number of nitrogens with zero attached hydrogens (tertiary/aromatic N) is 1. The van der Waals surface area contributed by atoms with Gasteiger partial charge in [0.05, 0.1) is 10.6 Å². The van der Waals surface area contributed by atoms with Gasteiger partial charge in [-0.25, -0.2) is 9.79 Å². The van der Waals surface area contributed by atoms with Crippen molar-refractivity contribution in [1.82, 2.24) is 5.32 Å². The van der Waals surface area contributed by atoms with Crippen LogP contribution in [0.1, 0.15) is 18.1 Å². The highest BCUT2D eigenvalue weighted by Crippen LogP contribution is 2.31. The standard InChI is InChI=1S/C20H18N2O4S/c1-12-7-9-15(10-8-12)21-20-22-18(23)17(27-20)11-14-5-3-4-6-16(14)26-13(2)19(24)25/h3-11,13H,1-2H3,(H,24,25)(H,21,22,23)/b17-11+. The van der Waals surface area contributed by atoms with Crippen LogP contribution >= 0.6 is 11.8 Å². The Morgan fingerprint density at radius 3 is 2.63 bits per heavy atom. The van der Waals surface area contributed by atoms with Gasteiger partial charge < -0.3 is 15.2 Å². The number of carbonyl (C=O) groups is 2. The summed E-state index contributed by atoms with van der Waals surface area (Å²) in [6.07, 6.45) is 0.676. The van der Waals surface area contributed by atoms with Gasteiger partial charge in [-0.15, -0.1) is 0 Å². The van der Waals surface area contributed by atoms with Crippen LogP contribution in [0.5, 0.6) is 5.75 Å². The molecule has 1 atom stereocenters. The first kappa shape index (κ1) is 18.7. The van der Waals surface area contributed by atoms with Gasteiger partial charge in [0.1, 0.15) is 5.75 Å². The van der Waals surface area contributed by atoms with E-state index in [0.717, 1.165) is 11.3 Å². The predicted molar refractivity (Wildman–Crippen MR) is 106 cm³/mol. The van der Waals surface area contributed by atoms with Crippen molar-refractivity contribution in [3.05, 3.63) is 64.6 Å². The van der Waals surface area contributed by atoms with Crippen LogP contribution in [0.15, 0.2) is 58.4 Å². The van der Waals surface area contributed by atoms with E-state index in [9.17, 15) is 9.59 Å². The normalized spacial score (nSPS) is 17.8. The molecule has 0 spiro atoms. The lowest BCUT2D eigenvalue weighted by Crippen LogP contribution is -2.23. The zero-order valence-electron chi connectivity index (χ0n) is 14.8. The Morgan fingerprint density at radius 2 is 1.93 bits per heavy atom. The van der Waals surface area contributed by atoms with E-state index in [4.69, 9.17) is 9.84 Å². The number of hydrogen-bond donors (Lipinski definition) is 2. The summed E-state index contributed by atoms with van der Waals surface area (Å²) in [4.78, 5) is 28.2. The number of aliphatic carboxylic acids is 1.